The van der Waals surface area contributed by atoms with E-state index in [4.69, 9.17) is 9.47 Å². The molecular formula is C15H10N4O5. The van der Waals surface area contributed by atoms with E-state index in [1.54, 1.807) is 18.2 Å². The van der Waals surface area contributed by atoms with E-state index >= 15 is 0 Å². The molecule has 0 radical (unpaired) electrons. The van der Waals surface area contributed by atoms with E-state index in [9.17, 15) is 14.9 Å². The van der Waals surface area contributed by atoms with E-state index in [1.807, 2.05) is 0 Å². The van der Waals surface area contributed by atoms with Crippen LogP contribution in [0.4, 0.5) is 11.4 Å². The summed E-state index contributed by atoms with van der Waals surface area (Å²) in [6, 6.07) is 7.90. The largest absolute Gasteiger partial charge is 0.454 e. The average molecular weight is 326 g/mol. The molecule has 2 aromatic carbocycles. The first-order chi connectivity index (χ1) is 11.6. The van der Waals surface area contributed by atoms with Crippen LogP contribution in [0, 0.1) is 10.1 Å². The Morgan fingerprint density at radius 2 is 1.88 bits per heavy atom. The average Bonchev–Trinajstić information content (AvgIpc) is 3.15. The molecule has 2 N–H and O–H groups in total. The summed E-state index contributed by atoms with van der Waals surface area (Å²) in [7, 11) is 0. The zero-order chi connectivity index (χ0) is 16.7. The maximum absolute atomic E-state index is 11.3. The first kappa shape index (κ1) is 14.0. The van der Waals surface area contributed by atoms with Crippen molar-refractivity contribution in [2.45, 2.75) is 0 Å². The lowest BCUT2D eigenvalue weighted by atomic mass is 10.1. The number of nitro groups is 1. The van der Waals surface area contributed by atoms with Gasteiger partial charge in [0.15, 0.2) is 11.5 Å². The Hall–Kier alpha value is -3.62. The number of nitrogens with zero attached hydrogens (tertiary/aromatic N) is 2. The van der Waals surface area contributed by atoms with Gasteiger partial charge >= 0.3 is 5.69 Å². The molecule has 0 unspecified atom stereocenters. The quantitative estimate of drug-likeness (QED) is 0.434. The molecule has 0 saturated heterocycles. The highest BCUT2D eigenvalue weighted by Gasteiger charge is 2.22. The molecule has 9 nitrogen and oxygen atoms in total. The lowest BCUT2D eigenvalue weighted by molar-refractivity contribution is -0.385. The summed E-state index contributed by atoms with van der Waals surface area (Å²) in [5, 5.41) is 11.2. The molecule has 1 aliphatic rings. The van der Waals surface area contributed by atoms with Crippen LogP contribution in [0.3, 0.4) is 0 Å². The summed E-state index contributed by atoms with van der Waals surface area (Å²) in [5.74, 6) is 0.776. The van der Waals surface area contributed by atoms with E-state index < -0.39 is 4.92 Å². The number of rotatable bonds is 3. The monoisotopic (exact) mass is 326 g/mol. The van der Waals surface area contributed by atoms with E-state index in [1.165, 1.54) is 18.3 Å². The zero-order valence-corrected chi connectivity index (χ0v) is 12.1. The fraction of sp³-hybridized carbons (Fsp3) is 0.0667. The Balaban J connectivity index is 1.74. The van der Waals surface area contributed by atoms with Gasteiger partial charge in [0.25, 0.3) is 5.69 Å². The topological polar surface area (TPSA) is 123 Å². The van der Waals surface area contributed by atoms with Crippen molar-refractivity contribution in [2.24, 2.45) is 4.99 Å². The van der Waals surface area contributed by atoms with Crippen LogP contribution in [-0.4, -0.2) is 27.9 Å². The molecule has 24 heavy (non-hydrogen) atoms. The van der Waals surface area contributed by atoms with E-state index in [0.717, 1.165) is 0 Å². The highest BCUT2D eigenvalue weighted by molar-refractivity contribution is 5.89. The number of ether oxygens (including phenoxy) is 2. The Labute approximate surface area is 133 Å². The van der Waals surface area contributed by atoms with Crippen LogP contribution in [0.1, 0.15) is 5.56 Å². The summed E-state index contributed by atoms with van der Waals surface area (Å²) >= 11 is 0. The number of aliphatic imine (C=N–C) groups is 1. The molecule has 0 saturated carbocycles. The van der Waals surface area contributed by atoms with Crippen molar-refractivity contribution in [1.29, 1.82) is 0 Å². The van der Waals surface area contributed by atoms with Gasteiger partial charge in [-0.3, -0.25) is 15.1 Å². The highest BCUT2D eigenvalue weighted by atomic mass is 16.7. The minimum atomic E-state index is -0.504. The van der Waals surface area contributed by atoms with Crippen molar-refractivity contribution in [2.75, 3.05) is 6.79 Å². The fourth-order valence-corrected chi connectivity index (χ4v) is 2.45. The first-order valence-corrected chi connectivity index (χ1v) is 6.94. The van der Waals surface area contributed by atoms with Crippen molar-refractivity contribution >= 4 is 28.6 Å². The predicted octanol–water partition coefficient (Wildman–Crippen LogP) is 2.24. The molecule has 0 spiro atoms. The Kier molecular flexibility index (Phi) is 3.05. The van der Waals surface area contributed by atoms with Crippen LogP contribution in [-0.2, 0) is 0 Å². The van der Waals surface area contributed by atoms with Gasteiger partial charge in [-0.1, -0.05) is 0 Å². The minimum absolute atomic E-state index is 0.0323. The summed E-state index contributed by atoms with van der Waals surface area (Å²) in [6.07, 6.45) is 1.38. The van der Waals surface area contributed by atoms with Crippen LogP contribution >= 0.6 is 0 Å². The number of H-pyrrole nitrogens is 2. The van der Waals surface area contributed by atoms with Crippen LogP contribution in [0.5, 0.6) is 11.5 Å². The molecule has 4 rings (SSSR count). The van der Waals surface area contributed by atoms with E-state index in [2.05, 4.69) is 15.0 Å². The first-order valence-electron chi connectivity index (χ1n) is 6.94. The van der Waals surface area contributed by atoms with Crippen LogP contribution in [0.15, 0.2) is 40.1 Å². The molecule has 0 atom stereocenters. The van der Waals surface area contributed by atoms with Gasteiger partial charge in [0, 0.05) is 6.21 Å². The van der Waals surface area contributed by atoms with Crippen molar-refractivity contribution in [3.05, 3.63) is 56.5 Å². The predicted molar refractivity (Wildman–Crippen MR) is 85.4 cm³/mol. The standard InChI is InChI=1S/C15H10N4O5/c20-15-17-10-2-1-9(4-11(10)18-15)16-6-8-3-13-14(24-7-23-13)5-12(8)19(21)22/h1-6H,7H2,(H2,17,18,20). The van der Waals surface area contributed by atoms with Gasteiger partial charge in [0.1, 0.15) is 0 Å². The van der Waals surface area contributed by atoms with Crippen LogP contribution < -0.4 is 15.2 Å². The number of hydrogen-bond acceptors (Lipinski definition) is 6. The summed E-state index contributed by atoms with van der Waals surface area (Å²) < 4.78 is 10.4. The number of aromatic amines is 2. The van der Waals surface area contributed by atoms with E-state index in [0.29, 0.717) is 33.8 Å². The SMILES string of the molecule is O=c1[nH]c2ccc(N=Cc3cc4c(cc3[N+](=O)[O-])OCO4)cc2[nH]1. The molecule has 0 aliphatic carbocycles. The van der Waals surface area contributed by atoms with Gasteiger partial charge in [0.2, 0.25) is 6.79 Å². The third-order valence-corrected chi connectivity index (χ3v) is 3.57. The number of hydrogen-bond donors (Lipinski definition) is 2. The van der Waals surface area contributed by atoms with Crippen molar-refractivity contribution in [3.8, 4) is 11.5 Å². The highest BCUT2D eigenvalue weighted by Crippen LogP contribution is 2.37. The smallest absolute Gasteiger partial charge is 0.323 e. The minimum Gasteiger partial charge on any atom is -0.454 e. The number of nitro benzene ring substituents is 1. The molecule has 3 aromatic rings. The molecule has 1 aromatic heterocycles. The van der Waals surface area contributed by atoms with Gasteiger partial charge in [-0.05, 0) is 24.3 Å². The number of nitrogens with one attached hydrogen (secondary N) is 2. The van der Waals surface area contributed by atoms with Gasteiger partial charge in [-0.2, -0.15) is 0 Å². The van der Waals surface area contributed by atoms with Gasteiger partial charge in [-0.15, -0.1) is 0 Å². The Morgan fingerprint density at radius 1 is 1.12 bits per heavy atom. The molecule has 1 aliphatic heterocycles. The van der Waals surface area contributed by atoms with Gasteiger partial charge in [-0.25, -0.2) is 4.79 Å². The van der Waals surface area contributed by atoms with Gasteiger partial charge < -0.3 is 19.4 Å². The molecule has 120 valence electrons. The molecule has 9 heteroatoms. The number of aromatic nitrogens is 2. The maximum Gasteiger partial charge on any atom is 0.323 e. The molecule has 2 heterocycles. The zero-order valence-electron chi connectivity index (χ0n) is 12.1. The van der Waals surface area contributed by atoms with Crippen LogP contribution in [0.25, 0.3) is 11.0 Å². The van der Waals surface area contributed by atoms with Crippen molar-refractivity contribution < 1.29 is 14.4 Å². The third-order valence-electron chi connectivity index (χ3n) is 3.57. The lowest BCUT2D eigenvalue weighted by Crippen LogP contribution is -1.99. The second-order valence-corrected chi connectivity index (χ2v) is 5.09. The normalized spacial score (nSPS) is 13.0. The number of imidazole rings is 1. The second kappa shape index (κ2) is 5.23. The Bertz CT molecular complexity index is 1050. The van der Waals surface area contributed by atoms with E-state index in [-0.39, 0.29) is 18.2 Å². The molecule has 0 amide bonds. The lowest BCUT2D eigenvalue weighted by Gasteiger charge is -2.00. The Morgan fingerprint density at radius 3 is 2.67 bits per heavy atom. The third kappa shape index (κ3) is 2.37. The second-order valence-electron chi connectivity index (χ2n) is 5.09. The summed E-state index contributed by atoms with van der Waals surface area (Å²) in [4.78, 5) is 31.5. The molecule has 0 bridgehead atoms. The van der Waals surface area contributed by atoms with Crippen molar-refractivity contribution in [3.63, 3.8) is 0 Å². The van der Waals surface area contributed by atoms with Gasteiger partial charge in [0.05, 0.1) is 33.3 Å². The fourth-order valence-electron chi connectivity index (χ4n) is 2.45. The number of benzene rings is 2. The molecule has 0 fully saturated rings. The summed E-state index contributed by atoms with van der Waals surface area (Å²) in [6.45, 7) is 0.0323. The van der Waals surface area contributed by atoms with Crippen molar-refractivity contribution in [1.82, 2.24) is 9.97 Å². The maximum atomic E-state index is 11.3. The number of fused-ring (bicyclic) bond motifs is 2. The van der Waals surface area contributed by atoms with Crippen LogP contribution in [0.2, 0.25) is 0 Å². The molecular weight excluding hydrogens is 316 g/mol. The summed E-state index contributed by atoms with van der Waals surface area (Å²) in [5.41, 5.74) is 1.68.